The predicted octanol–water partition coefficient (Wildman–Crippen LogP) is 0.682. The molecule has 1 aliphatic rings. The Bertz CT molecular complexity index is 694. The van der Waals surface area contributed by atoms with Gasteiger partial charge < -0.3 is 15.7 Å². The molecule has 1 aromatic heterocycles. The molecule has 7 nitrogen and oxygen atoms in total. The third-order valence-corrected chi connectivity index (χ3v) is 3.87. The normalized spacial score (nSPS) is 17.4. The molecular weight excluding hydrogens is 280 g/mol. The quantitative estimate of drug-likeness (QED) is 0.837. The summed E-state index contributed by atoms with van der Waals surface area (Å²) in [5.41, 5.74) is 6.49. The number of pyridine rings is 1. The van der Waals surface area contributed by atoms with Gasteiger partial charge in [0.1, 0.15) is 29.3 Å². The van der Waals surface area contributed by atoms with E-state index >= 15 is 0 Å². The van der Waals surface area contributed by atoms with Crippen molar-refractivity contribution >= 4 is 11.6 Å². The van der Waals surface area contributed by atoms with Crippen LogP contribution in [0.1, 0.15) is 29.5 Å². The molecule has 0 bridgehead atoms. The van der Waals surface area contributed by atoms with Crippen molar-refractivity contribution < 1.29 is 5.11 Å². The maximum absolute atomic E-state index is 9.46. The number of hydrogen-bond acceptors (Lipinski definition) is 7. The highest BCUT2D eigenvalue weighted by molar-refractivity contribution is 5.69. The van der Waals surface area contributed by atoms with Crippen molar-refractivity contribution in [2.75, 3.05) is 30.3 Å². The Balaban J connectivity index is 2.55. The lowest BCUT2D eigenvalue weighted by molar-refractivity contribution is 0.208. The average molecular weight is 296 g/mol. The molecule has 0 aliphatic carbocycles. The number of aliphatic hydroxyl groups excluding tert-OH is 1. The van der Waals surface area contributed by atoms with Gasteiger partial charge >= 0.3 is 0 Å². The summed E-state index contributed by atoms with van der Waals surface area (Å²) < 4.78 is 0. The summed E-state index contributed by atoms with van der Waals surface area (Å²) in [5, 5.41) is 36.9. The van der Waals surface area contributed by atoms with E-state index in [1.165, 1.54) is 0 Å². The number of nitrogens with zero attached hydrogens (tertiary/aromatic N) is 5. The molecule has 0 radical (unpaired) electrons. The molecular formula is C15H16N6O. The number of nitrogens with two attached hydrogens (primary N) is 1. The van der Waals surface area contributed by atoms with Gasteiger partial charge in [-0.05, 0) is 18.8 Å². The van der Waals surface area contributed by atoms with Crippen molar-refractivity contribution in [3.05, 3.63) is 16.7 Å². The van der Waals surface area contributed by atoms with E-state index in [2.05, 4.69) is 11.1 Å². The molecule has 112 valence electrons. The van der Waals surface area contributed by atoms with Gasteiger partial charge in [-0.3, -0.25) is 0 Å². The third-order valence-electron chi connectivity index (χ3n) is 3.87. The van der Waals surface area contributed by atoms with Crippen LogP contribution >= 0.6 is 0 Å². The van der Waals surface area contributed by atoms with E-state index < -0.39 is 0 Å². The first-order valence-corrected chi connectivity index (χ1v) is 7.01. The fraction of sp³-hybridized carbons (Fsp3) is 0.467. The van der Waals surface area contributed by atoms with Crippen molar-refractivity contribution in [1.82, 2.24) is 4.98 Å². The zero-order chi connectivity index (χ0) is 16.1. The van der Waals surface area contributed by atoms with Gasteiger partial charge in [0.2, 0.25) is 0 Å². The Hall–Kier alpha value is -2.82. The average Bonchev–Trinajstić information content (AvgIpc) is 2.55. The van der Waals surface area contributed by atoms with Crippen LogP contribution in [0.2, 0.25) is 0 Å². The van der Waals surface area contributed by atoms with Crippen LogP contribution in [0.4, 0.5) is 11.6 Å². The van der Waals surface area contributed by atoms with E-state index in [9.17, 15) is 15.6 Å². The van der Waals surface area contributed by atoms with E-state index in [1.54, 1.807) is 0 Å². The fourth-order valence-corrected chi connectivity index (χ4v) is 2.77. The molecule has 0 aromatic carbocycles. The highest BCUT2D eigenvalue weighted by Crippen LogP contribution is 2.30. The van der Waals surface area contributed by atoms with E-state index in [0.29, 0.717) is 24.5 Å². The Morgan fingerprint density at radius 3 is 2.59 bits per heavy atom. The van der Waals surface area contributed by atoms with Gasteiger partial charge in [-0.1, -0.05) is 0 Å². The van der Waals surface area contributed by atoms with Gasteiger partial charge in [0.05, 0.1) is 18.1 Å². The van der Waals surface area contributed by atoms with Gasteiger partial charge in [0.15, 0.2) is 0 Å². The van der Waals surface area contributed by atoms with Crippen LogP contribution in [0.3, 0.4) is 0 Å². The molecule has 0 amide bonds. The van der Waals surface area contributed by atoms with Crippen molar-refractivity contribution in [3.63, 3.8) is 0 Å². The number of nitrogen functional groups attached to an aromatic ring is 1. The van der Waals surface area contributed by atoms with E-state index in [-0.39, 0.29) is 35.9 Å². The van der Waals surface area contributed by atoms with E-state index in [4.69, 9.17) is 11.0 Å². The van der Waals surface area contributed by atoms with Crippen LogP contribution in [0.15, 0.2) is 0 Å². The highest BCUT2D eigenvalue weighted by Gasteiger charge is 2.26. The van der Waals surface area contributed by atoms with Gasteiger partial charge in [0.25, 0.3) is 0 Å². The van der Waals surface area contributed by atoms with Crippen LogP contribution in [-0.4, -0.2) is 29.8 Å². The van der Waals surface area contributed by atoms with Gasteiger partial charge in [-0.2, -0.15) is 15.8 Å². The number of nitriles is 3. The highest BCUT2D eigenvalue weighted by atomic mass is 16.3. The smallest absolute Gasteiger partial charge is 0.149 e. The molecule has 3 N–H and O–H groups in total. The van der Waals surface area contributed by atoms with Gasteiger partial charge in [-0.25, -0.2) is 4.98 Å². The molecule has 2 heterocycles. The number of piperidine rings is 1. The summed E-state index contributed by atoms with van der Waals surface area (Å²) >= 11 is 0. The summed E-state index contributed by atoms with van der Waals surface area (Å²) in [5.74, 6) is 0.564. The lowest BCUT2D eigenvalue weighted by atomic mass is 9.96. The predicted molar refractivity (Wildman–Crippen MR) is 79.4 cm³/mol. The maximum atomic E-state index is 9.46. The monoisotopic (exact) mass is 296 g/mol. The molecule has 2 rings (SSSR count). The molecule has 1 fully saturated rings. The molecule has 1 aliphatic heterocycles. The summed E-state index contributed by atoms with van der Waals surface area (Å²) in [6.45, 7) is 1.36. The largest absolute Gasteiger partial charge is 0.396 e. The Labute approximate surface area is 128 Å². The molecule has 1 aromatic rings. The zero-order valence-electron chi connectivity index (χ0n) is 12.1. The van der Waals surface area contributed by atoms with Crippen LogP contribution in [0.5, 0.6) is 0 Å². The molecule has 1 atom stereocenters. The third kappa shape index (κ3) is 2.79. The van der Waals surface area contributed by atoms with Gasteiger partial charge in [-0.15, -0.1) is 0 Å². The topological polar surface area (TPSA) is 134 Å². The van der Waals surface area contributed by atoms with Crippen LogP contribution in [0, 0.1) is 39.9 Å². The number of anilines is 2. The summed E-state index contributed by atoms with van der Waals surface area (Å²) in [6.07, 6.45) is 1.74. The Kier molecular flexibility index (Phi) is 4.78. The minimum atomic E-state index is -0.0667. The molecule has 0 saturated carbocycles. The van der Waals surface area contributed by atoms with E-state index in [0.717, 1.165) is 12.8 Å². The molecule has 0 spiro atoms. The second kappa shape index (κ2) is 6.76. The summed E-state index contributed by atoms with van der Waals surface area (Å²) in [4.78, 5) is 6.12. The number of aromatic nitrogens is 1. The molecule has 7 heteroatoms. The van der Waals surface area contributed by atoms with Gasteiger partial charge in [0, 0.05) is 25.3 Å². The Morgan fingerprint density at radius 1 is 1.27 bits per heavy atom. The van der Waals surface area contributed by atoms with Crippen LogP contribution in [-0.2, 0) is 6.42 Å². The van der Waals surface area contributed by atoms with Crippen molar-refractivity contribution in [3.8, 4) is 18.2 Å². The minimum Gasteiger partial charge on any atom is -0.396 e. The number of aliphatic hydroxyl groups is 1. The van der Waals surface area contributed by atoms with Crippen LogP contribution in [0.25, 0.3) is 0 Å². The minimum absolute atomic E-state index is 0.0351. The van der Waals surface area contributed by atoms with E-state index in [1.807, 2.05) is 17.0 Å². The van der Waals surface area contributed by atoms with Crippen LogP contribution < -0.4 is 10.6 Å². The van der Waals surface area contributed by atoms with Crippen molar-refractivity contribution in [2.45, 2.75) is 19.3 Å². The molecule has 0 unspecified atom stereocenters. The summed E-state index contributed by atoms with van der Waals surface area (Å²) in [7, 11) is 0. The fourth-order valence-electron chi connectivity index (χ4n) is 2.77. The van der Waals surface area contributed by atoms with Crippen molar-refractivity contribution in [1.29, 1.82) is 15.8 Å². The first-order valence-electron chi connectivity index (χ1n) is 7.01. The van der Waals surface area contributed by atoms with Crippen molar-refractivity contribution in [2.24, 2.45) is 5.92 Å². The SMILES string of the molecule is N#CCc1c(C#N)c(N)nc(N2CCC[C@@H](CO)C2)c1C#N. The number of rotatable bonds is 3. The maximum Gasteiger partial charge on any atom is 0.149 e. The second-order valence-electron chi connectivity index (χ2n) is 5.24. The summed E-state index contributed by atoms with van der Waals surface area (Å²) in [6, 6.07) is 5.95. The first-order chi connectivity index (χ1) is 10.7. The first kappa shape index (κ1) is 15.6. The molecule has 22 heavy (non-hydrogen) atoms. The number of hydrogen-bond donors (Lipinski definition) is 2. The molecule has 1 saturated heterocycles. The standard InChI is InChI=1S/C15H16N6O/c16-4-3-11-12(6-17)14(19)20-15(13(11)7-18)21-5-1-2-10(8-21)9-22/h10,22H,1-3,5,8-9H2,(H2,19,20)/t10-/m1/s1. The lowest BCUT2D eigenvalue weighted by Gasteiger charge is -2.33. The lowest BCUT2D eigenvalue weighted by Crippen LogP contribution is -2.38. The Morgan fingerprint density at radius 2 is 2.00 bits per heavy atom. The zero-order valence-corrected chi connectivity index (χ0v) is 12.1. The second-order valence-corrected chi connectivity index (χ2v) is 5.24.